The zero-order chi connectivity index (χ0) is 21.9. The number of hydrogen-bond acceptors (Lipinski definition) is 5. The van der Waals surface area contributed by atoms with E-state index in [1.165, 1.54) is 31.7 Å². The van der Waals surface area contributed by atoms with Gasteiger partial charge in [0.2, 0.25) is 11.8 Å². The summed E-state index contributed by atoms with van der Waals surface area (Å²) in [5.41, 5.74) is 0.119. The van der Waals surface area contributed by atoms with Gasteiger partial charge in [-0.1, -0.05) is 19.3 Å². The van der Waals surface area contributed by atoms with Gasteiger partial charge in [0.1, 0.15) is 0 Å². The predicted molar refractivity (Wildman–Crippen MR) is 105 cm³/mol. The van der Waals surface area contributed by atoms with Gasteiger partial charge in [-0.2, -0.15) is 8.78 Å². The molecule has 1 aliphatic carbocycles. The lowest BCUT2D eigenvalue weighted by Crippen LogP contribution is -2.40. The van der Waals surface area contributed by atoms with Crippen LogP contribution in [-0.2, 0) is 9.59 Å². The van der Waals surface area contributed by atoms with E-state index in [-0.39, 0.29) is 48.5 Å². The first-order valence-corrected chi connectivity index (χ1v) is 9.86. The fraction of sp³-hybridized carbons (Fsp3) is 0.550. The van der Waals surface area contributed by atoms with Crippen LogP contribution in [0.4, 0.5) is 8.78 Å². The average Bonchev–Trinajstić information content (AvgIpc) is 2.72. The molecule has 0 aromatic heterocycles. The minimum atomic E-state index is -3.02. The Morgan fingerprint density at radius 3 is 2.47 bits per heavy atom. The van der Waals surface area contributed by atoms with Gasteiger partial charge in [-0.15, -0.1) is 0 Å². The molecule has 30 heavy (non-hydrogen) atoms. The zero-order valence-electron chi connectivity index (χ0n) is 16.8. The molecular weight excluding hydrogens is 400 g/mol. The van der Waals surface area contributed by atoms with Gasteiger partial charge in [0, 0.05) is 24.6 Å². The van der Waals surface area contributed by atoms with Crippen LogP contribution in [0.5, 0.6) is 11.5 Å². The topological polar surface area (TPSA) is 106 Å². The molecule has 3 N–H and O–H groups in total. The van der Waals surface area contributed by atoms with E-state index in [0.29, 0.717) is 0 Å². The largest absolute Gasteiger partial charge is 0.493 e. The van der Waals surface area contributed by atoms with Crippen molar-refractivity contribution in [3.63, 3.8) is 0 Å². The number of amides is 3. The van der Waals surface area contributed by atoms with E-state index in [0.717, 1.165) is 25.7 Å². The number of nitrogens with one attached hydrogen (secondary N) is 3. The molecule has 0 saturated heterocycles. The number of rotatable bonds is 10. The van der Waals surface area contributed by atoms with Gasteiger partial charge >= 0.3 is 6.61 Å². The maximum atomic E-state index is 12.3. The molecule has 2 rings (SSSR count). The number of carbonyl (C=O) groups is 3. The van der Waals surface area contributed by atoms with Gasteiger partial charge in [0.25, 0.3) is 5.91 Å². The van der Waals surface area contributed by atoms with E-state index < -0.39 is 18.4 Å². The number of hydrogen-bond donors (Lipinski definition) is 3. The van der Waals surface area contributed by atoms with Crippen LogP contribution in [0.3, 0.4) is 0 Å². The van der Waals surface area contributed by atoms with E-state index in [1.54, 1.807) is 0 Å². The summed E-state index contributed by atoms with van der Waals surface area (Å²) in [6, 6.07) is 3.92. The SMILES string of the molecule is COc1cc(C(=O)NCC(=O)NCCC(=O)NC2CCCCC2)ccc1OC(F)F. The van der Waals surface area contributed by atoms with Crippen molar-refractivity contribution < 1.29 is 32.6 Å². The van der Waals surface area contributed by atoms with Gasteiger partial charge in [-0.3, -0.25) is 14.4 Å². The van der Waals surface area contributed by atoms with Crippen LogP contribution in [0.25, 0.3) is 0 Å². The van der Waals surface area contributed by atoms with Crippen LogP contribution in [0.1, 0.15) is 48.9 Å². The highest BCUT2D eigenvalue weighted by molar-refractivity contribution is 5.97. The van der Waals surface area contributed by atoms with Crippen LogP contribution < -0.4 is 25.4 Å². The second-order valence-electron chi connectivity index (χ2n) is 6.93. The summed E-state index contributed by atoms with van der Waals surface area (Å²) in [6.45, 7) is -3.14. The first-order chi connectivity index (χ1) is 14.4. The quantitative estimate of drug-likeness (QED) is 0.530. The van der Waals surface area contributed by atoms with E-state index in [2.05, 4.69) is 20.7 Å². The highest BCUT2D eigenvalue weighted by Crippen LogP contribution is 2.29. The molecular formula is C20H27F2N3O5. The molecule has 1 saturated carbocycles. The van der Waals surface area contributed by atoms with Crippen LogP contribution >= 0.6 is 0 Å². The number of carbonyl (C=O) groups excluding carboxylic acids is 3. The smallest absolute Gasteiger partial charge is 0.387 e. The van der Waals surface area contributed by atoms with Crippen molar-refractivity contribution in [1.29, 1.82) is 0 Å². The molecule has 0 atom stereocenters. The lowest BCUT2D eigenvalue weighted by atomic mass is 9.95. The zero-order valence-corrected chi connectivity index (χ0v) is 16.8. The lowest BCUT2D eigenvalue weighted by Gasteiger charge is -2.22. The molecule has 1 fully saturated rings. The number of benzene rings is 1. The van der Waals surface area contributed by atoms with Crippen molar-refractivity contribution in [3.05, 3.63) is 23.8 Å². The summed E-state index contributed by atoms with van der Waals surface area (Å²) in [5, 5.41) is 7.95. The molecule has 0 unspecified atom stereocenters. The van der Waals surface area contributed by atoms with E-state index in [4.69, 9.17) is 4.74 Å². The second kappa shape index (κ2) is 11.9. The van der Waals surface area contributed by atoms with E-state index in [9.17, 15) is 23.2 Å². The summed E-state index contributed by atoms with van der Waals surface area (Å²) in [6.07, 6.45) is 5.59. The Kier molecular flexibility index (Phi) is 9.30. The summed E-state index contributed by atoms with van der Waals surface area (Å²) in [5.74, 6) is -1.37. The third kappa shape index (κ3) is 7.84. The third-order valence-electron chi connectivity index (χ3n) is 4.70. The van der Waals surface area contributed by atoms with Crippen LogP contribution in [0.15, 0.2) is 18.2 Å². The average molecular weight is 427 g/mol. The lowest BCUT2D eigenvalue weighted by molar-refractivity contribution is -0.122. The molecule has 0 spiro atoms. The summed E-state index contributed by atoms with van der Waals surface area (Å²) < 4.78 is 33.9. The molecule has 1 aromatic carbocycles. The van der Waals surface area contributed by atoms with Crippen molar-refractivity contribution in [1.82, 2.24) is 16.0 Å². The summed E-state index contributed by atoms with van der Waals surface area (Å²) in [7, 11) is 1.26. The fourth-order valence-corrected chi connectivity index (χ4v) is 3.19. The van der Waals surface area contributed by atoms with Crippen molar-refractivity contribution in [2.45, 2.75) is 51.2 Å². The molecule has 0 aliphatic heterocycles. The monoisotopic (exact) mass is 427 g/mol. The van der Waals surface area contributed by atoms with Crippen molar-refractivity contribution >= 4 is 17.7 Å². The minimum Gasteiger partial charge on any atom is -0.493 e. The highest BCUT2D eigenvalue weighted by atomic mass is 19.3. The summed E-state index contributed by atoms with van der Waals surface area (Å²) >= 11 is 0. The Morgan fingerprint density at radius 2 is 1.80 bits per heavy atom. The Morgan fingerprint density at radius 1 is 1.07 bits per heavy atom. The standard InChI is InChI=1S/C20H27F2N3O5/c1-29-16-11-13(7-8-15(16)30-20(21)22)19(28)24-12-18(27)23-10-9-17(26)25-14-5-3-2-4-6-14/h7-8,11,14,20H,2-6,9-10,12H2,1H3,(H,23,27)(H,24,28)(H,25,26). The number of methoxy groups -OCH3 is 1. The Hall–Kier alpha value is -2.91. The maximum Gasteiger partial charge on any atom is 0.387 e. The van der Waals surface area contributed by atoms with Gasteiger partial charge in [-0.25, -0.2) is 0 Å². The van der Waals surface area contributed by atoms with Crippen LogP contribution in [0.2, 0.25) is 0 Å². The Balaban J connectivity index is 1.71. The molecule has 3 amide bonds. The molecule has 0 bridgehead atoms. The first-order valence-electron chi connectivity index (χ1n) is 9.86. The van der Waals surface area contributed by atoms with Gasteiger partial charge < -0.3 is 25.4 Å². The molecule has 166 valence electrons. The number of halogens is 2. The summed E-state index contributed by atoms with van der Waals surface area (Å²) in [4.78, 5) is 35.9. The van der Waals surface area contributed by atoms with E-state index >= 15 is 0 Å². The van der Waals surface area contributed by atoms with E-state index in [1.807, 2.05) is 0 Å². The number of alkyl halides is 2. The first kappa shape index (κ1) is 23.4. The highest BCUT2D eigenvalue weighted by Gasteiger charge is 2.16. The molecule has 1 aromatic rings. The molecule has 1 aliphatic rings. The van der Waals surface area contributed by atoms with Crippen molar-refractivity contribution in [2.24, 2.45) is 0 Å². The molecule has 0 radical (unpaired) electrons. The maximum absolute atomic E-state index is 12.3. The van der Waals surface area contributed by atoms with Gasteiger partial charge in [-0.05, 0) is 31.0 Å². The fourth-order valence-electron chi connectivity index (χ4n) is 3.19. The van der Waals surface area contributed by atoms with Gasteiger partial charge in [0.15, 0.2) is 11.5 Å². The third-order valence-corrected chi connectivity index (χ3v) is 4.70. The number of ether oxygens (including phenoxy) is 2. The molecule has 10 heteroatoms. The molecule has 0 heterocycles. The van der Waals surface area contributed by atoms with Crippen molar-refractivity contribution in [3.8, 4) is 11.5 Å². The Bertz CT molecular complexity index is 739. The van der Waals surface area contributed by atoms with Crippen LogP contribution in [0, 0.1) is 0 Å². The minimum absolute atomic E-state index is 0.0311. The normalized spacial score (nSPS) is 14.1. The van der Waals surface area contributed by atoms with Crippen molar-refractivity contribution in [2.75, 3.05) is 20.2 Å². The van der Waals surface area contributed by atoms with Gasteiger partial charge in [0.05, 0.1) is 13.7 Å². The second-order valence-corrected chi connectivity index (χ2v) is 6.93. The van der Waals surface area contributed by atoms with Crippen LogP contribution in [-0.4, -0.2) is 50.6 Å². The predicted octanol–water partition coefficient (Wildman–Crippen LogP) is 1.98. The molecule has 8 nitrogen and oxygen atoms in total. The Labute approximate surface area is 173 Å².